The van der Waals surface area contributed by atoms with Crippen molar-refractivity contribution in [2.24, 2.45) is 0 Å². The minimum absolute atomic E-state index is 0.0614. The predicted molar refractivity (Wildman–Crippen MR) is 157 cm³/mol. The van der Waals surface area contributed by atoms with Crippen LogP contribution in [0.15, 0.2) is 60.7 Å². The number of nitrogens with zero attached hydrogens (tertiary/aromatic N) is 1. The van der Waals surface area contributed by atoms with E-state index in [0.29, 0.717) is 25.7 Å². The molecular formula is C33H40F2N2O5. The van der Waals surface area contributed by atoms with Gasteiger partial charge in [-0.05, 0) is 60.3 Å². The molecule has 2 aliphatic heterocycles. The molecule has 42 heavy (non-hydrogen) atoms. The van der Waals surface area contributed by atoms with E-state index in [4.69, 9.17) is 23.7 Å². The number of piperidine rings is 1. The summed E-state index contributed by atoms with van der Waals surface area (Å²) in [5, 5.41) is 3.48. The minimum atomic E-state index is -0.593. The van der Waals surface area contributed by atoms with Crippen LogP contribution in [-0.2, 0) is 27.4 Å². The largest absolute Gasteiger partial charge is 0.490 e. The second-order valence-corrected chi connectivity index (χ2v) is 10.7. The number of hydrogen-bond acceptors (Lipinski definition) is 7. The first-order chi connectivity index (χ1) is 20.6. The average Bonchev–Trinajstić information content (AvgIpc) is 3.02. The maximum absolute atomic E-state index is 13.7. The molecule has 0 bridgehead atoms. The third-order valence-electron chi connectivity index (χ3n) is 7.70. The van der Waals surface area contributed by atoms with E-state index in [1.165, 1.54) is 5.56 Å². The van der Waals surface area contributed by atoms with E-state index in [-0.39, 0.29) is 25.1 Å². The van der Waals surface area contributed by atoms with E-state index in [0.717, 1.165) is 86.4 Å². The van der Waals surface area contributed by atoms with Crippen LogP contribution in [0.2, 0.25) is 0 Å². The van der Waals surface area contributed by atoms with Crippen LogP contribution in [0.25, 0.3) is 0 Å². The zero-order valence-electron chi connectivity index (χ0n) is 24.2. The zero-order valence-corrected chi connectivity index (χ0v) is 24.2. The molecule has 5 rings (SSSR count). The summed E-state index contributed by atoms with van der Waals surface area (Å²) >= 11 is 0. The second-order valence-electron chi connectivity index (χ2n) is 10.7. The molecule has 1 fully saturated rings. The normalized spacial score (nSPS) is 18.4. The van der Waals surface area contributed by atoms with Gasteiger partial charge in [0.25, 0.3) is 0 Å². The molecule has 1 N–H and O–H groups in total. The van der Waals surface area contributed by atoms with Crippen molar-refractivity contribution in [3.8, 4) is 11.5 Å². The number of fused-ring (bicyclic) bond motifs is 1. The lowest BCUT2D eigenvalue weighted by Gasteiger charge is -2.33. The number of benzene rings is 3. The standard InChI is InChI=1S/C33H40F2N2O5/c1-38-15-2-13-37-14-16-40-31-10-5-25(19-30(31)37)23-42-33-21-36-12-11-28(33)26-6-3-24(4-7-26)22-39-17-18-41-32-20-27(34)8-9-29(32)35/h3-10,19-20,28,33,36H,2,11-18,21-23H2,1H3. The summed E-state index contributed by atoms with van der Waals surface area (Å²) in [6.45, 7) is 6.36. The second kappa shape index (κ2) is 15.3. The minimum Gasteiger partial charge on any atom is -0.490 e. The maximum Gasteiger partial charge on any atom is 0.165 e. The van der Waals surface area contributed by atoms with Gasteiger partial charge in [-0.3, -0.25) is 0 Å². The van der Waals surface area contributed by atoms with Crippen molar-refractivity contribution >= 4 is 5.69 Å². The first-order valence-corrected chi connectivity index (χ1v) is 14.7. The van der Waals surface area contributed by atoms with Crippen LogP contribution in [0, 0.1) is 11.6 Å². The highest BCUT2D eigenvalue weighted by molar-refractivity contribution is 5.61. The fraction of sp³-hybridized carbons (Fsp3) is 0.455. The summed E-state index contributed by atoms with van der Waals surface area (Å²) < 4.78 is 55.6. The topological polar surface area (TPSA) is 61.4 Å². The Hall–Kier alpha value is -3.24. The lowest BCUT2D eigenvalue weighted by molar-refractivity contribution is 0.0106. The van der Waals surface area contributed by atoms with Gasteiger partial charge in [0.1, 0.15) is 24.8 Å². The van der Waals surface area contributed by atoms with Crippen LogP contribution in [-0.4, -0.2) is 65.8 Å². The molecule has 0 amide bonds. The lowest BCUT2D eigenvalue weighted by atomic mass is 9.87. The van der Waals surface area contributed by atoms with E-state index >= 15 is 0 Å². The number of ether oxygens (including phenoxy) is 5. The molecular weight excluding hydrogens is 542 g/mol. The first-order valence-electron chi connectivity index (χ1n) is 14.7. The van der Waals surface area contributed by atoms with Gasteiger partial charge in [0.05, 0.1) is 38.2 Å². The highest BCUT2D eigenvalue weighted by Crippen LogP contribution is 2.34. The number of rotatable bonds is 14. The molecule has 7 nitrogen and oxygen atoms in total. The zero-order chi connectivity index (χ0) is 29.1. The number of hydrogen-bond donors (Lipinski definition) is 1. The molecule has 2 heterocycles. The van der Waals surface area contributed by atoms with Gasteiger partial charge in [-0.25, -0.2) is 8.78 Å². The van der Waals surface area contributed by atoms with Gasteiger partial charge in [0.2, 0.25) is 0 Å². The van der Waals surface area contributed by atoms with Crippen LogP contribution >= 0.6 is 0 Å². The summed E-state index contributed by atoms with van der Waals surface area (Å²) in [4.78, 5) is 2.37. The van der Waals surface area contributed by atoms with Crippen molar-refractivity contribution in [3.05, 3.63) is 89.0 Å². The summed E-state index contributed by atoms with van der Waals surface area (Å²) in [7, 11) is 1.74. The summed E-state index contributed by atoms with van der Waals surface area (Å²) in [5.41, 5.74) is 4.55. The van der Waals surface area contributed by atoms with Gasteiger partial charge >= 0.3 is 0 Å². The number of nitrogens with one attached hydrogen (secondary N) is 1. The van der Waals surface area contributed by atoms with Crippen molar-refractivity contribution in [1.82, 2.24) is 5.32 Å². The van der Waals surface area contributed by atoms with Crippen molar-refractivity contribution in [1.29, 1.82) is 0 Å². The number of anilines is 1. The SMILES string of the molecule is COCCCN1CCOc2ccc(COC3CNCCC3c3ccc(COCCOc4cc(F)ccc4F)cc3)cc21. The quantitative estimate of drug-likeness (QED) is 0.254. The highest BCUT2D eigenvalue weighted by atomic mass is 19.1. The Morgan fingerprint density at radius 2 is 1.81 bits per heavy atom. The van der Waals surface area contributed by atoms with Crippen LogP contribution in [0.1, 0.15) is 35.4 Å². The Kier molecular flexibility index (Phi) is 11.0. The molecule has 226 valence electrons. The predicted octanol–water partition coefficient (Wildman–Crippen LogP) is 5.46. The van der Waals surface area contributed by atoms with Gasteiger partial charge in [-0.1, -0.05) is 30.3 Å². The Labute approximate surface area is 246 Å². The Bertz CT molecular complexity index is 1280. The molecule has 3 aromatic rings. The summed E-state index contributed by atoms with van der Waals surface area (Å²) in [6.07, 6.45) is 2.04. The molecule has 0 aromatic heterocycles. The van der Waals surface area contributed by atoms with Crippen LogP contribution in [0.4, 0.5) is 14.5 Å². The van der Waals surface area contributed by atoms with Gasteiger partial charge in [-0.15, -0.1) is 0 Å². The van der Waals surface area contributed by atoms with Gasteiger partial charge in [0, 0.05) is 38.8 Å². The van der Waals surface area contributed by atoms with E-state index < -0.39 is 11.6 Å². The van der Waals surface area contributed by atoms with E-state index in [2.05, 4.69) is 52.7 Å². The molecule has 0 radical (unpaired) electrons. The molecule has 3 aromatic carbocycles. The van der Waals surface area contributed by atoms with Crippen LogP contribution < -0.4 is 19.7 Å². The van der Waals surface area contributed by atoms with Crippen LogP contribution in [0.3, 0.4) is 0 Å². The van der Waals surface area contributed by atoms with E-state index in [1.54, 1.807) is 7.11 Å². The Morgan fingerprint density at radius 1 is 0.952 bits per heavy atom. The number of methoxy groups -OCH3 is 1. The third kappa shape index (κ3) is 8.19. The average molecular weight is 583 g/mol. The fourth-order valence-electron chi connectivity index (χ4n) is 5.48. The molecule has 2 atom stereocenters. The van der Waals surface area contributed by atoms with Crippen molar-refractivity contribution < 1.29 is 32.5 Å². The Balaban J connectivity index is 1.11. The fourth-order valence-corrected chi connectivity index (χ4v) is 5.48. The monoisotopic (exact) mass is 582 g/mol. The van der Waals surface area contributed by atoms with Gasteiger partial charge < -0.3 is 33.9 Å². The van der Waals surface area contributed by atoms with E-state index in [9.17, 15) is 8.78 Å². The smallest absolute Gasteiger partial charge is 0.165 e. The molecule has 9 heteroatoms. The number of halogens is 2. The molecule has 2 aliphatic rings. The van der Waals surface area contributed by atoms with Crippen molar-refractivity contribution in [3.63, 3.8) is 0 Å². The Morgan fingerprint density at radius 3 is 2.67 bits per heavy atom. The molecule has 0 saturated carbocycles. The van der Waals surface area contributed by atoms with Gasteiger partial charge in [0.15, 0.2) is 11.6 Å². The maximum atomic E-state index is 13.7. The van der Waals surface area contributed by atoms with E-state index in [1.807, 2.05) is 0 Å². The molecule has 0 spiro atoms. The lowest BCUT2D eigenvalue weighted by Crippen LogP contribution is -2.41. The summed E-state index contributed by atoms with van der Waals surface area (Å²) in [6, 6.07) is 17.9. The first kappa shape index (κ1) is 30.2. The highest BCUT2D eigenvalue weighted by Gasteiger charge is 2.27. The van der Waals surface area contributed by atoms with Crippen molar-refractivity contribution in [2.45, 2.75) is 38.1 Å². The van der Waals surface area contributed by atoms with Crippen molar-refractivity contribution in [2.75, 3.05) is 64.6 Å². The summed E-state index contributed by atoms with van der Waals surface area (Å²) in [5.74, 6) is -0.0191. The van der Waals surface area contributed by atoms with Gasteiger partial charge in [-0.2, -0.15) is 0 Å². The molecule has 2 unspecified atom stereocenters. The molecule has 1 saturated heterocycles. The van der Waals surface area contributed by atoms with Crippen LogP contribution in [0.5, 0.6) is 11.5 Å². The third-order valence-corrected chi connectivity index (χ3v) is 7.70. The molecule has 0 aliphatic carbocycles.